The number of piperazine rings is 1. The van der Waals surface area contributed by atoms with Crippen LogP contribution in [0.4, 0.5) is 0 Å². The standard InChI is InChI=1S/C17H26N2O2/c1-12(2)14-10-19(17(3,4)11-18-14)16(20)13-8-6-7-9-15(13)21-5/h6-9,12,14,18H,10-11H2,1-5H3. The fraction of sp³-hybridized carbons (Fsp3) is 0.588. The summed E-state index contributed by atoms with van der Waals surface area (Å²) in [6.45, 7) is 10.1. The molecule has 1 aromatic rings. The minimum atomic E-state index is -0.205. The SMILES string of the molecule is COc1ccccc1C(=O)N1CC(C(C)C)NCC1(C)C. The molecular formula is C17H26N2O2. The van der Waals surface area contributed by atoms with E-state index in [2.05, 4.69) is 33.0 Å². The van der Waals surface area contributed by atoms with Crippen molar-refractivity contribution in [2.75, 3.05) is 20.2 Å². The number of benzene rings is 1. The number of amides is 1. The van der Waals surface area contributed by atoms with Crippen LogP contribution in [0.25, 0.3) is 0 Å². The van der Waals surface area contributed by atoms with E-state index in [4.69, 9.17) is 4.74 Å². The Balaban J connectivity index is 2.30. The van der Waals surface area contributed by atoms with Crippen LogP contribution in [-0.4, -0.2) is 42.6 Å². The topological polar surface area (TPSA) is 41.6 Å². The van der Waals surface area contributed by atoms with Gasteiger partial charge in [-0.1, -0.05) is 26.0 Å². The Labute approximate surface area is 127 Å². The highest BCUT2D eigenvalue weighted by Gasteiger charge is 2.38. The second-order valence-electron chi connectivity index (χ2n) is 6.66. The van der Waals surface area contributed by atoms with Crippen LogP contribution < -0.4 is 10.1 Å². The maximum absolute atomic E-state index is 13.0. The average Bonchev–Trinajstić information content (AvgIpc) is 2.46. The average molecular weight is 290 g/mol. The molecule has 0 aromatic heterocycles. The lowest BCUT2D eigenvalue weighted by Gasteiger charge is -2.47. The van der Waals surface area contributed by atoms with Crippen LogP contribution in [-0.2, 0) is 0 Å². The molecule has 0 saturated carbocycles. The third-order valence-corrected chi connectivity index (χ3v) is 4.29. The van der Waals surface area contributed by atoms with E-state index in [0.717, 1.165) is 13.1 Å². The van der Waals surface area contributed by atoms with Crippen molar-refractivity contribution in [1.82, 2.24) is 10.2 Å². The Morgan fingerprint density at radius 2 is 2.05 bits per heavy atom. The molecule has 1 aromatic carbocycles. The minimum absolute atomic E-state index is 0.0459. The molecule has 1 aliphatic rings. The van der Waals surface area contributed by atoms with E-state index >= 15 is 0 Å². The predicted octanol–water partition coefficient (Wildman–Crippen LogP) is 2.54. The summed E-state index contributed by atoms with van der Waals surface area (Å²) in [4.78, 5) is 15.0. The van der Waals surface area contributed by atoms with Crippen LogP contribution in [0.2, 0.25) is 0 Å². The van der Waals surface area contributed by atoms with Crippen molar-refractivity contribution in [3.8, 4) is 5.75 Å². The zero-order chi connectivity index (χ0) is 15.6. The predicted molar refractivity (Wildman–Crippen MR) is 84.7 cm³/mol. The van der Waals surface area contributed by atoms with Gasteiger partial charge in [-0.2, -0.15) is 0 Å². The first-order valence-corrected chi connectivity index (χ1v) is 7.55. The fourth-order valence-electron chi connectivity index (χ4n) is 2.76. The van der Waals surface area contributed by atoms with Crippen molar-refractivity contribution in [3.05, 3.63) is 29.8 Å². The van der Waals surface area contributed by atoms with Gasteiger partial charge in [0.05, 0.1) is 18.2 Å². The van der Waals surface area contributed by atoms with Gasteiger partial charge in [-0.05, 0) is 31.9 Å². The molecule has 21 heavy (non-hydrogen) atoms. The number of carbonyl (C=O) groups is 1. The molecule has 0 aliphatic carbocycles. The van der Waals surface area contributed by atoms with E-state index in [0.29, 0.717) is 23.3 Å². The van der Waals surface area contributed by atoms with Crippen molar-refractivity contribution < 1.29 is 9.53 Å². The monoisotopic (exact) mass is 290 g/mol. The van der Waals surface area contributed by atoms with Crippen LogP contribution in [0.5, 0.6) is 5.75 Å². The minimum Gasteiger partial charge on any atom is -0.496 e. The molecule has 1 atom stereocenters. The summed E-state index contributed by atoms with van der Waals surface area (Å²) in [5.74, 6) is 1.18. The molecule has 0 spiro atoms. The summed E-state index contributed by atoms with van der Waals surface area (Å²) >= 11 is 0. The van der Waals surface area contributed by atoms with Gasteiger partial charge in [-0.25, -0.2) is 0 Å². The van der Waals surface area contributed by atoms with Gasteiger partial charge in [0.2, 0.25) is 0 Å². The van der Waals surface area contributed by atoms with Gasteiger partial charge in [0.1, 0.15) is 5.75 Å². The van der Waals surface area contributed by atoms with Crippen LogP contribution in [0, 0.1) is 5.92 Å². The van der Waals surface area contributed by atoms with E-state index in [-0.39, 0.29) is 11.4 Å². The number of para-hydroxylation sites is 1. The zero-order valence-electron chi connectivity index (χ0n) is 13.6. The number of carbonyl (C=O) groups excluding carboxylic acids is 1. The quantitative estimate of drug-likeness (QED) is 0.930. The number of ether oxygens (including phenoxy) is 1. The lowest BCUT2D eigenvalue weighted by Crippen LogP contribution is -2.64. The maximum atomic E-state index is 13.0. The summed E-state index contributed by atoms with van der Waals surface area (Å²) in [6.07, 6.45) is 0. The number of nitrogens with zero attached hydrogens (tertiary/aromatic N) is 1. The van der Waals surface area contributed by atoms with Crippen LogP contribution in [0.3, 0.4) is 0 Å². The van der Waals surface area contributed by atoms with E-state index in [1.54, 1.807) is 7.11 Å². The highest BCUT2D eigenvalue weighted by atomic mass is 16.5. The molecule has 116 valence electrons. The Hall–Kier alpha value is -1.55. The molecule has 4 nitrogen and oxygen atoms in total. The first-order chi connectivity index (χ1) is 9.86. The smallest absolute Gasteiger partial charge is 0.258 e. The van der Waals surface area contributed by atoms with Crippen LogP contribution in [0.15, 0.2) is 24.3 Å². The van der Waals surface area contributed by atoms with Gasteiger partial charge >= 0.3 is 0 Å². The van der Waals surface area contributed by atoms with E-state index < -0.39 is 0 Å². The maximum Gasteiger partial charge on any atom is 0.258 e. The van der Waals surface area contributed by atoms with Crippen molar-refractivity contribution >= 4 is 5.91 Å². The Kier molecular flexibility index (Phi) is 4.57. The van der Waals surface area contributed by atoms with Gasteiger partial charge in [0.25, 0.3) is 5.91 Å². The first kappa shape index (κ1) is 15.8. The summed E-state index contributed by atoms with van der Waals surface area (Å²) in [5, 5.41) is 3.55. The third-order valence-electron chi connectivity index (χ3n) is 4.29. The largest absolute Gasteiger partial charge is 0.496 e. The number of nitrogens with one attached hydrogen (secondary N) is 1. The zero-order valence-corrected chi connectivity index (χ0v) is 13.6. The molecule has 1 aliphatic heterocycles. The van der Waals surface area contributed by atoms with Crippen molar-refractivity contribution in [1.29, 1.82) is 0 Å². The molecule has 1 saturated heterocycles. The third kappa shape index (κ3) is 3.21. The van der Waals surface area contributed by atoms with E-state index in [9.17, 15) is 4.79 Å². The fourth-order valence-corrected chi connectivity index (χ4v) is 2.76. The Bertz CT molecular complexity index is 511. The molecule has 1 fully saturated rings. The molecule has 2 rings (SSSR count). The first-order valence-electron chi connectivity index (χ1n) is 7.55. The lowest BCUT2D eigenvalue weighted by molar-refractivity contribution is 0.0351. The molecule has 0 radical (unpaired) electrons. The second-order valence-corrected chi connectivity index (χ2v) is 6.66. The summed E-state index contributed by atoms with van der Waals surface area (Å²) in [5.41, 5.74) is 0.432. The van der Waals surface area contributed by atoms with Gasteiger partial charge in [0, 0.05) is 19.1 Å². The summed E-state index contributed by atoms with van der Waals surface area (Å²) < 4.78 is 5.34. The van der Waals surface area contributed by atoms with Gasteiger partial charge in [-0.3, -0.25) is 4.79 Å². The van der Waals surface area contributed by atoms with Gasteiger partial charge < -0.3 is 15.0 Å². The Morgan fingerprint density at radius 1 is 1.38 bits per heavy atom. The number of methoxy groups -OCH3 is 1. The molecular weight excluding hydrogens is 264 g/mol. The number of rotatable bonds is 3. The molecule has 1 unspecified atom stereocenters. The highest BCUT2D eigenvalue weighted by Crippen LogP contribution is 2.27. The van der Waals surface area contributed by atoms with E-state index in [1.165, 1.54) is 0 Å². The van der Waals surface area contributed by atoms with Gasteiger partial charge in [-0.15, -0.1) is 0 Å². The lowest BCUT2D eigenvalue weighted by atomic mass is 9.92. The summed E-state index contributed by atoms with van der Waals surface area (Å²) in [6, 6.07) is 7.77. The number of hydrogen-bond donors (Lipinski definition) is 1. The molecule has 1 N–H and O–H groups in total. The summed E-state index contributed by atoms with van der Waals surface area (Å²) in [7, 11) is 1.60. The molecule has 1 amide bonds. The van der Waals surface area contributed by atoms with Crippen molar-refractivity contribution in [3.63, 3.8) is 0 Å². The molecule has 4 heteroatoms. The van der Waals surface area contributed by atoms with Gasteiger partial charge in [0.15, 0.2) is 0 Å². The van der Waals surface area contributed by atoms with E-state index in [1.807, 2.05) is 29.2 Å². The van der Waals surface area contributed by atoms with Crippen molar-refractivity contribution in [2.45, 2.75) is 39.3 Å². The highest BCUT2D eigenvalue weighted by molar-refractivity contribution is 5.97. The molecule has 0 bridgehead atoms. The molecule has 1 heterocycles. The van der Waals surface area contributed by atoms with Crippen LogP contribution in [0.1, 0.15) is 38.1 Å². The Morgan fingerprint density at radius 3 is 2.67 bits per heavy atom. The number of hydrogen-bond acceptors (Lipinski definition) is 3. The van der Waals surface area contributed by atoms with Crippen LogP contribution >= 0.6 is 0 Å². The second kappa shape index (κ2) is 6.06. The normalized spacial score (nSPS) is 21.4. The van der Waals surface area contributed by atoms with Crippen molar-refractivity contribution in [2.24, 2.45) is 5.92 Å².